The van der Waals surface area contributed by atoms with E-state index in [0.29, 0.717) is 30.3 Å². The Morgan fingerprint density at radius 1 is 0.881 bits per heavy atom. The van der Waals surface area contributed by atoms with Crippen LogP contribution in [-0.2, 0) is 14.8 Å². The van der Waals surface area contributed by atoms with Crippen molar-refractivity contribution in [2.45, 2.75) is 16.9 Å². The van der Waals surface area contributed by atoms with Crippen molar-refractivity contribution in [2.24, 2.45) is 0 Å². The smallest absolute Gasteiger partial charge is 0.327 e. The summed E-state index contributed by atoms with van der Waals surface area (Å²) in [5.41, 5.74) is 1.69. The second-order valence-electron chi connectivity index (χ2n) is 9.05. The van der Waals surface area contributed by atoms with E-state index < -0.39 is 33.9 Å². The summed E-state index contributed by atoms with van der Waals surface area (Å²) in [6.07, 6.45) is 0. The van der Waals surface area contributed by atoms with Gasteiger partial charge in [0.15, 0.2) is 0 Å². The van der Waals surface area contributed by atoms with Gasteiger partial charge in [0.1, 0.15) is 22.0 Å². The number of sulfonamides is 1. The third-order valence-corrected chi connectivity index (χ3v) is 9.47. The van der Waals surface area contributed by atoms with Crippen LogP contribution in [0.5, 0.6) is 0 Å². The fourth-order valence-electron chi connectivity index (χ4n) is 4.42. The van der Waals surface area contributed by atoms with Crippen molar-refractivity contribution in [1.82, 2.24) is 14.1 Å². The number of benzene rings is 4. The molecular weight excluding hydrogens is 734 g/mol. The molecule has 0 saturated carbocycles. The predicted octanol–water partition coefficient (Wildman–Crippen LogP) is 6.42. The molecule has 9 nitrogen and oxygen atoms in total. The van der Waals surface area contributed by atoms with Crippen LogP contribution in [0.2, 0.25) is 10.0 Å². The largest absolute Gasteiger partial charge is 0.480 e. The number of anilines is 1. The minimum absolute atomic E-state index is 0.0294. The van der Waals surface area contributed by atoms with Gasteiger partial charge in [0.2, 0.25) is 0 Å². The standard InChI is InChI=1S/C28H19Cl2IN4O5S2/c29-17-8-4-15(5-9-17)24(16-6-10-18(30)11-7-16)26(28(37)38)32-27(36)20-13-12-19(31)14-22(20)35-42(39,40)23-3-1-2-21-25(23)34-41-33-21/h1-14,24,26,35H,(H,32,36)(H,37,38). The van der Waals surface area contributed by atoms with Crippen molar-refractivity contribution in [3.8, 4) is 0 Å². The maximum atomic E-state index is 13.7. The summed E-state index contributed by atoms with van der Waals surface area (Å²) in [6, 6.07) is 20.9. The van der Waals surface area contributed by atoms with Crippen molar-refractivity contribution in [1.29, 1.82) is 0 Å². The van der Waals surface area contributed by atoms with Crippen molar-refractivity contribution in [3.63, 3.8) is 0 Å². The van der Waals surface area contributed by atoms with Crippen LogP contribution in [0.25, 0.3) is 11.0 Å². The number of carboxylic acids is 1. The number of nitrogens with one attached hydrogen (secondary N) is 2. The Kier molecular flexibility index (Phi) is 8.99. The Bertz CT molecular complexity index is 1860. The molecule has 5 aromatic rings. The average molecular weight is 753 g/mol. The summed E-state index contributed by atoms with van der Waals surface area (Å²) in [5.74, 6) is -2.92. The summed E-state index contributed by atoms with van der Waals surface area (Å²) in [4.78, 5) is 26.2. The first-order chi connectivity index (χ1) is 20.0. The number of hydrogen-bond donors (Lipinski definition) is 3. The van der Waals surface area contributed by atoms with E-state index in [-0.39, 0.29) is 21.7 Å². The van der Waals surface area contributed by atoms with Gasteiger partial charge in [-0.3, -0.25) is 9.52 Å². The lowest BCUT2D eigenvalue weighted by Gasteiger charge is -2.26. The quantitative estimate of drug-likeness (QED) is 0.148. The van der Waals surface area contributed by atoms with Gasteiger partial charge in [0, 0.05) is 19.5 Å². The molecule has 1 atom stereocenters. The van der Waals surface area contributed by atoms with Crippen LogP contribution in [0.3, 0.4) is 0 Å². The van der Waals surface area contributed by atoms with Gasteiger partial charge in [-0.15, -0.1) is 0 Å². The topological polar surface area (TPSA) is 138 Å². The zero-order valence-corrected chi connectivity index (χ0v) is 26.5. The van der Waals surface area contributed by atoms with Gasteiger partial charge in [0.25, 0.3) is 15.9 Å². The van der Waals surface area contributed by atoms with Crippen molar-refractivity contribution < 1.29 is 23.1 Å². The second kappa shape index (κ2) is 12.5. The highest BCUT2D eigenvalue weighted by Gasteiger charge is 2.33. The number of hydrogen-bond acceptors (Lipinski definition) is 7. The first kappa shape index (κ1) is 30.2. The number of nitrogens with zero attached hydrogens (tertiary/aromatic N) is 2. The number of amides is 1. The average Bonchev–Trinajstić information content (AvgIpc) is 3.43. The molecule has 14 heteroatoms. The number of fused-ring (bicyclic) bond motifs is 1. The molecule has 0 fully saturated rings. The number of halogens is 3. The summed E-state index contributed by atoms with van der Waals surface area (Å²) in [7, 11) is -4.21. The van der Waals surface area contributed by atoms with Crippen LogP contribution in [0.4, 0.5) is 5.69 Å². The predicted molar refractivity (Wildman–Crippen MR) is 171 cm³/mol. The molecule has 1 aromatic heterocycles. The van der Waals surface area contributed by atoms with E-state index in [0.717, 1.165) is 11.7 Å². The number of carbonyl (C=O) groups excluding carboxylic acids is 1. The SMILES string of the molecule is O=C(NC(C(=O)O)C(c1ccc(Cl)cc1)c1ccc(Cl)cc1)c1ccc(I)cc1NS(=O)(=O)c1cccc2nsnc12. The van der Waals surface area contributed by atoms with Crippen LogP contribution in [-0.4, -0.2) is 40.2 Å². The molecule has 0 aliphatic heterocycles. The Morgan fingerprint density at radius 3 is 2.10 bits per heavy atom. The lowest BCUT2D eigenvalue weighted by molar-refractivity contribution is -0.139. The highest BCUT2D eigenvalue weighted by Crippen LogP contribution is 2.32. The first-order valence-electron chi connectivity index (χ1n) is 12.1. The number of carboxylic acid groups (broad SMARTS) is 1. The Hall–Kier alpha value is -3.30. The van der Waals surface area contributed by atoms with Crippen molar-refractivity contribution >= 4 is 96.1 Å². The van der Waals surface area contributed by atoms with Gasteiger partial charge in [0.05, 0.1) is 23.0 Å². The Labute approximate surface area is 268 Å². The molecule has 1 unspecified atom stereocenters. The molecule has 0 radical (unpaired) electrons. The number of aromatic nitrogens is 2. The molecule has 1 heterocycles. The molecule has 0 saturated heterocycles. The lowest BCUT2D eigenvalue weighted by atomic mass is 9.84. The van der Waals surface area contributed by atoms with Crippen LogP contribution in [0.1, 0.15) is 27.4 Å². The molecule has 214 valence electrons. The van der Waals surface area contributed by atoms with Crippen LogP contribution < -0.4 is 10.0 Å². The van der Waals surface area contributed by atoms with E-state index in [1.165, 1.54) is 18.2 Å². The monoisotopic (exact) mass is 752 g/mol. The second-order valence-corrected chi connectivity index (χ2v) is 13.4. The maximum Gasteiger partial charge on any atom is 0.327 e. The zero-order chi connectivity index (χ0) is 30.0. The molecule has 5 rings (SSSR count). The van der Waals surface area contributed by atoms with Gasteiger partial charge < -0.3 is 10.4 Å². The Morgan fingerprint density at radius 2 is 1.50 bits per heavy atom. The van der Waals surface area contributed by atoms with Crippen molar-refractivity contribution in [3.05, 3.63) is 115 Å². The van der Waals surface area contributed by atoms with Crippen LogP contribution in [0, 0.1) is 3.57 Å². The highest BCUT2D eigenvalue weighted by atomic mass is 127. The summed E-state index contributed by atoms with van der Waals surface area (Å²) < 4.78 is 38.2. The van der Waals surface area contributed by atoms with Crippen LogP contribution >= 0.6 is 57.5 Å². The molecule has 0 bridgehead atoms. The van der Waals surface area contributed by atoms with Gasteiger partial charge in [-0.1, -0.05) is 53.5 Å². The Balaban J connectivity index is 1.52. The molecule has 1 amide bonds. The zero-order valence-electron chi connectivity index (χ0n) is 21.2. The number of carbonyl (C=O) groups is 2. The molecule has 4 aromatic carbocycles. The lowest BCUT2D eigenvalue weighted by Crippen LogP contribution is -2.45. The van der Waals surface area contributed by atoms with Gasteiger partial charge in [-0.25, -0.2) is 13.2 Å². The fourth-order valence-corrected chi connectivity index (χ4v) is 7.00. The summed E-state index contributed by atoms with van der Waals surface area (Å²) in [6.45, 7) is 0. The molecule has 3 N–H and O–H groups in total. The molecule has 0 aliphatic carbocycles. The van der Waals surface area contributed by atoms with E-state index in [1.807, 2.05) is 22.6 Å². The van der Waals surface area contributed by atoms with E-state index in [9.17, 15) is 23.1 Å². The van der Waals surface area contributed by atoms with E-state index in [2.05, 4.69) is 18.8 Å². The van der Waals surface area contributed by atoms with E-state index in [4.69, 9.17) is 23.2 Å². The third kappa shape index (κ3) is 6.52. The normalized spacial score (nSPS) is 12.3. The van der Waals surface area contributed by atoms with E-state index >= 15 is 0 Å². The summed E-state index contributed by atoms with van der Waals surface area (Å²) in [5, 5.41) is 13.8. The third-order valence-electron chi connectivity index (χ3n) is 6.35. The fraction of sp³-hybridized carbons (Fsp3) is 0.0714. The van der Waals surface area contributed by atoms with Gasteiger partial charge in [-0.2, -0.15) is 8.75 Å². The molecular formula is C28H19Cl2IN4O5S2. The van der Waals surface area contributed by atoms with Crippen LogP contribution in [0.15, 0.2) is 89.8 Å². The molecule has 0 aliphatic rings. The summed E-state index contributed by atoms with van der Waals surface area (Å²) >= 11 is 15.0. The maximum absolute atomic E-state index is 13.7. The number of aliphatic carboxylic acids is 1. The number of rotatable bonds is 9. The van der Waals surface area contributed by atoms with Crippen molar-refractivity contribution in [2.75, 3.05) is 4.72 Å². The first-order valence-corrected chi connectivity index (χ1v) is 16.2. The van der Waals surface area contributed by atoms with E-state index in [1.54, 1.807) is 66.7 Å². The minimum atomic E-state index is -4.21. The molecule has 42 heavy (non-hydrogen) atoms. The van der Waals surface area contributed by atoms with Gasteiger partial charge >= 0.3 is 5.97 Å². The van der Waals surface area contributed by atoms with Gasteiger partial charge in [-0.05, 0) is 88.3 Å². The highest BCUT2D eigenvalue weighted by molar-refractivity contribution is 14.1. The minimum Gasteiger partial charge on any atom is -0.480 e. The molecule has 0 spiro atoms.